The summed E-state index contributed by atoms with van der Waals surface area (Å²) in [5, 5.41) is 3.99. The van der Waals surface area contributed by atoms with Gasteiger partial charge in [0.15, 0.2) is 6.61 Å². The van der Waals surface area contributed by atoms with Crippen LogP contribution in [0.5, 0.6) is 5.75 Å². The van der Waals surface area contributed by atoms with Gasteiger partial charge in [-0.15, -0.1) is 0 Å². The standard InChI is InChI=1S/C18H22N2O3/c1-13(15-10-7-11-22-15)19-20-17(21)12-23-16-9-6-5-8-14(16)18(2,3)4/h5-11H,12H2,1-4H3,(H,20,21)/b19-13+. The molecule has 2 aromatic rings. The molecule has 1 N–H and O–H groups in total. The van der Waals surface area contributed by atoms with Crippen molar-refractivity contribution in [2.75, 3.05) is 6.61 Å². The number of furan rings is 1. The van der Waals surface area contributed by atoms with Gasteiger partial charge in [0.2, 0.25) is 0 Å². The van der Waals surface area contributed by atoms with Crippen molar-refractivity contribution in [3.8, 4) is 5.75 Å². The first-order valence-electron chi connectivity index (χ1n) is 7.47. The van der Waals surface area contributed by atoms with E-state index in [4.69, 9.17) is 9.15 Å². The maximum absolute atomic E-state index is 11.9. The molecular formula is C18H22N2O3. The first-order chi connectivity index (χ1) is 10.9. The molecular weight excluding hydrogens is 292 g/mol. The van der Waals surface area contributed by atoms with Gasteiger partial charge in [-0.3, -0.25) is 4.79 Å². The number of hydrogen-bond acceptors (Lipinski definition) is 4. The SMILES string of the molecule is C/C(=N\NC(=O)COc1ccccc1C(C)(C)C)c1ccco1. The maximum Gasteiger partial charge on any atom is 0.277 e. The zero-order chi connectivity index (χ0) is 16.9. The first-order valence-corrected chi connectivity index (χ1v) is 7.47. The van der Waals surface area contributed by atoms with Gasteiger partial charge in [-0.05, 0) is 36.1 Å². The van der Waals surface area contributed by atoms with Crippen LogP contribution < -0.4 is 10.2 Å². The van der Waals surface area contributed by atoms with Crippen molar-refractivity contribution < 1.29 is 13.9 Å². The Labute approximate surface area is 136 Å². The van der Waals surface area contributed by atoms with Gasteiger partial charge in [0.1, 0.15) is 17.2 Å². The van der Waals surface area contributed by atoms with Gasteiger partial charge in [-0.25, -0.2) is 5.43 Å². The molecule has 2 rings (SSSR count). The molecule has 0 aliphatic rings. The largest absolute Gasteiger partial charge is 0.483 e. The van der Waals surface area contributed by atoms with Gasteiger partial charge in [0.05, 0.1) is 6.26 Å². The number of carbonyl (C=O) groups excluding carboxylic acids is 1. The molecule has 1 aromatic heterocycles. The van der Waals surface area contributed by atoms with Crippen molar-refractivity contribution in [1.29, 1.82) is 0 Å². The van der Waals surface area contributed by atoms with Crippen LogP contribution >= 0.6 is 0 Å². The molecule has 0 radical (unpaired) electrons. The number of hydrogen-bond donors (Lipinski definition) is 1. The van der Waals surface area contributed by atoms with Crippen LogP contribution in [0.4, 0.5) is 0 Å². The highest BCUT2D eigenvalue weighted by Crippen LogP contribution is 2.30. The van der Waals surface area contributed by atoms with Crippen molar-refractivity contribution in [1.82, 2.24) is 5.43 Å². The molecule has 122 valence electrons. The van der Waals surface area contributed by atoms with E-state index in [0.29, 0.717) is 17.2 Å². The molecule has 23 heavy (non-hydrogen) atoms. The van der Waals surface area contributed by atoms with Crippen molar-refractivity contribution in [3.05, 3.63) is 54.0 Å². The van der Waals surface area contributed by atoms with Crippen LogP contribution in [0.1, 0.15) is 39.0 Å². The minimum Gasteiger partial charge on any atom is -0.483 e. The minimum absolute atomic E-state index is 0.0545. The van der Waals surface area contributed by atoms with Gasteiger partial charge in [-0.1, -0.05) is 39.0 Å². The third-order valence-electron chi connectivity index (χ3n) is 3.28. The smallest absolute Gasteiger partial charge is 0.277 e. The Bertz CT molecular complexity index is 683. The second-order valence-corrected chi connectivity index (χ2v) is 6.24. The second kappa shape index (κ2) is 7.13. The summed E-state index contributed by atoms with van der Waals surface area (Å²) in [5.41, 5.74) is 4.06. The predicted octanol–water partition coefficient (Wildman–Crippen LogP) is 3.50. The molecule has 1 amide bonds. The Morgan fingerprint density at radius 2 is 1.96 bits per heavy atom. The molecule has 0 aliphatic heterocycles. The highest BCUT2D eigenvalue weighted by molar-refractivity contribution is 5.96. The van der Waals surface area contributed by atoms with Gasteiger partial charge in [0.25, 0.3) is 5.91 Å². The van der Waals surface area contributed by atoms with Crippen molar-refractivity contribution in [3.63, 3.8) is 0 Å². The van der Waals surface area contributed by atoms with Crippen LogP contribution in [0.25, 0.3) is 0 Å². The zero-order valence-corrected chi connectivity index (χ0v) is 13.9. The van der Waals surface area contributed by atoms with E-state index in [0.717, 1.165) is 5.56 Å². The molecule has 0 atom stereocenters. The Kier molecular flexibility index (Phi) is 5.21. The molecule has 0 bridgehead atoms. The van der Waals surface area contributed by atoms with E-state index in [1.165, 1.54) is 0 Å². The molecule has 0 saturated carbocycles. The lowest BCUT2D eigenvalue weighted by molar-refractivity contribution is -0.123. The fourth-order valence-corrected chi connectivity index (χ4v) is 2.07. The van der Waals surface area contributed by atoms with E-state index in [-0.39, 0.29) is 17.9 Å². The van der Waals surface area contributed by atoms with Crippen LogP contribution in [0.2, 0.25) is 0 Å². The van der Waals surface area contributed by atoms with Crippen LogP contribution in [0, 0.1) is 0 Å². The Hall–Kier alpha value is -2.56. The summed E-state index contributed by atoms with van der Waals surface area (Å²) in [4.78, 5) is 11.9. The van der Waals surface area contributed by atoms with Crippen molar-refractivity contribution in [2.24, 2.45) is 5.10 Å². The average Bonchev–Trinajstić information content (AvgIpc) is 3.04. The van der Waals surface area contributed by atoms with Crippen LogP contribution in [-0.2, 0) is 10.2 Å². The molecule has 0 unspecified atom stereocenters. The van der Waals surface area contributed by atoms with Crippen molar-refractivity contribution in [2.45, 2.75) is 33.1 Å². The Balaban J connectivity index is 1.94. The fourth-order valence-electron chi connectivity index (χ4n) is 2.07. The summed E-state index contributed by atoms with van der Waals surface area (Å²) in [6.07, 6.45) is 1.56. The topological polar surface area (TPSA) is 63.8 Å². The molecule has 0 spiro atoms. The first kappa shape index (κ1) is 16.8. The Morgan fingerprint density at radius 1 is 1.22 bits per heavy atom. The quantitative estimate of drug-likeness (QED) is 0.678. The van der Waals surface area contributed by atoms with Gasteiger partial charge < -0.3 is 9.15 Å². The van der Waals surface area contributed by atoms with E-state index in [1.807, 2.05) is 24.3 Å². The zero-order valence-electron chi connectivity index (χ0n) is 13.9. The molecule has 0 aliphatic carbocycles. The Morgan fingerprint density at radius 3 is 2.61 bits per heavy atom. The number of benzene rings is 1. The van der Waals surface area contributed by atoms with Gasteiger partial charge >= 0.3 is 0 Å². The summed E-state index contributed by atoms with van der Waals surface area (Å²) in [7, 11) is 0. The highest BCUT2D eigenvalue weighted by atomic mass is 16.5. The van der Waals surface area contributed by atoms with Gasteiger partial charge in [0, 0.05) is 0 Å². The number of nitrogens with zero attached hydrogens (tertiary/aromatic N) is 1. The summed E-state index contributed by atoms with van der Waals surface area (Å²) >= 11 is 0. The lowest BCUT2D eigenvalue weighted by Gasteiger charge is -2.22. The predicted molar refractivity (Wildman–Crippen MR) is 89.7 cm³/mol. The monoisotopic (exact) mass is 314 g/mol. The minimum atomic E-state index is -0.320. The van der Waals surface area contributed by atoms with Crippen molar-refractivity contribution >= 4 is 11.6 Å². The average molecular weight is 314 g/mol. The lowest BCUT2D eigenvalue weighted by Crippen LogP contribution is -2.26. The number of rotatable bonds is 5. The van der Waals surface area contributed by atoms with Crippen LogP contribution in [-0.4, -0.2) is 18.2 Å². The van der Waals surface area contributed by atoms with E-state index in [9.17, 15) is 4.79 Å². The molecule has 1 heterocycles. The lowest BCUT2D eigenvalue weighted by atomic mass is 9.86. The molecule has 5 nitrogen and oxygen atoms in total. The van der Waals surface area contributed by atoms with E-state index in [1.54, 1.807) is 25.3 Å². The second-order valence-electron chi connectivity index (χ2n) is 6.24. The fraction of sp³-hybridized carbons (Fsp3) is 0.333. The summed E-state index contributed by atoms with van der Waals surface area (Å²) in [5.74, 6) is 1.01. The molecule has 0 saturated heterocycles. The molecule has 1 aromatic carbocycles. The number of para-hydroxylation sites is 1. The van der Waals surface area contributed by atoms with Crippen LogP contribution in [0.15, 0.2) is 52.2 Å². The highest BCUT2D eigenvalue weighted by Gasteiger charge is 2.18. The number of nitrogens with one attached hydrogen (secondary N) is 1. The maximum atomic E-state index is 11.9. The number of carbonyl (C=O) groups is 1. The van der Waals surface area contributed by atoms with Gasteiger partial charge in [-0.2, -0.15) is 5.10 Å². The molecule has 0 fully saturated rings. The summed E-state index contributed by atoms with van der Waals surface area (Å²) in [6.45, 7) is 7.97. The summed E-state index contributed by atoms with van der Waals surface area (Å²) in [6, 6.07) is 11.3. The van der Waals surface area contributed by atoms with E-state index < -0.39 is 0 Å². The van der Waals surface area contributed by atoms with E-state index in [2.05, 4.69) is 31.3 Å². The number of hydrazone groups is 1. The molecule has 5 heteroatoms. The third-order valence-corrected chi connectivity index (χ3v) is 3.28. The summed E-state index contributed by atoms with van der Waals surface area (Å²) < 4.78 is 10.8. The van der Waals surface area contributed by atoms with Crippen LogP contribution in [0.3, 0.4) is 0 Å². The van der Waals surface area contributed by atoms with E-state index >= 15 is 0 Å². The number of amides is 1. The third kappa shape index (κ3) is 4.71. The normalized spacial score (nSPS) is 12.1. The number of ether oxygens (including phenoxy) is 1.